The molecule has 0 aliphatic carbocycles. The number of rotatable bonds is 7. The fourth-order valence-corrected chi connectivity index (χ4v) is 3.51. The van der Waals surface area contributed by atoms with E-state index in [1.54, 1.807) is 6.92 Å². The van der Waals surface area contributed by atoms with Crippen molar-refractivity contribution in [3.63, 3.8) is 0 Å². The molecule has 0 radical (unpaired) electrons. The lowest BCUT2D eigenvalue weighted by Gasteiger charge is -2.21. The summed E-state index contributed by atoms with van der Waals surface area (Å²) in [7, 11) is -2.33. The van der Waals surface area contributed by atoms with Gasteiger partial charge in [0.25, 0.3) is 0 Å². The number of sulfone groups is 1. The van der Waals surface area contributed by atoms with E-state index < -0.39 is 32.9 Å². The predicted octanol–water partition coefficient (Wildman–Crippen LogP) is 0.480. The molecule has 2 unspecified atom stereocenters. The van der Waals surface area contributed by atoms with Gasteiger partial charge in [-0.2, -0.15) is 0 Å². The highest BCUT2D eigenvalue weighted by Crippen LogP contribution is 2.14. The van der Waals surface area contributed by atoms with Crippen molar-refractivity contribution in [2.45, 2.75) is 44.4 Å². The number of methoxy groups -OCH3 is 1. The summed E-state index contributed by atoms with van der Waals surface area (Å²) in [6, 6.07) is -0.412. The van der Waals surface area contributed by atoms with Crippen LogP contribution in [0.2, 0.25) is 0 Å². The molecule has 96 valence electrons. The van der Waals surface area contributed by atoms with Crippen molar-refractivity contribution >= 4 is 15.8 Å². The molecule has 0 fully saturated rings. The van der Waals surface area contributed by atoms with Crippen molar-refractivity contribution in [2.24, 2.45) is 5.73 Å². The highest BCUT2D eigenvalue weighted by atomic mass is 32.2. The van der Waals surface area contributed by atoms with Crippen LogP contribution in [0, 0.1) is 0 Å². The van der Waals surface area contributed by atoms with Crippen molar-refractivity contribution in [3.8, 4) is 0 Å². The summed E-state index contributed by atoms with van der Waals surface area (Å²) in [5.74, 6) is -1.32. The molecule has 0 aromatic carbocycles. The van der Waals surface area contributed by atoms with Crippen molar-refractivity contribution in [1.29, 1.82) is 0 Å². The number of hydrogen-bond acceptors (Lipinski definition) is 5. The van der Waals surface area contributed by atoms with Gasteiger partial charge in [0.05, 0.1) is 12.4 Å². The number of esters is 1. The summed E-state index contributed by atoms with van der Waals surface area (Å²) in [5, 5.41) is -0.661. The third kappa shape index (κ3) is 4.49. The minimum absolute atomic E-state index is 0.412. The highest BCUT2D eigenvalue weighted by molar-refractivity contribution is 7.92. The normalized spacial score (nSPS) is 15.5. The second-order valence-electron chi connectivity index (χ2n) is 3.78. The third-order valence-electron chi connectivity index (χ3n) is 2.51. The molecule has 16 heavy (non-hydrogen) atoms. The van der Waals surface area contributed by atoms with Crippen LogP contribution in [0.5, 0.6) is 0 Å². The summed E-state index contributed by atoms with van der Waals surface area (Å²) >= 11 is 0. The summed E-state index contributed by atoms with van der Waals surface area (Å²) in [4.78, 5) is 11.0. The molecular weight excluding hydrogens is 230 g/mol. The number of carbonyl (C=O) groups excluding carboxylic acids is 1. The molecular formula is C10H21NO4S. The minimum atomic E-state index is -3.50. The van der Waals surface area contributed by atoms with Crippen LogP contribution in [-0.2, 0) is 19.4 Å². The van der Waals surface area contributed by atoms with E-state index in [1.807, 2.05) is 6.92 Å². The van der Waals surface area contributed by atoms with Gasteiger partial charge in [-0.15, -0.1) is 0 Å². The molecule has 0 saturated carbocycles. The highest BCUT2D eigenvalue weighted by Gasteiger charge is 2.31. The van der Waals surface area contributed by atoms with Crippen LogP contribution in [0.15, 0.2) is 0 Å². The molecule has 0 saturated heterocycles. The van der Waals surface area contributed by atoms with Gasteiger partial charge in [0, 0.05) is 6.04 Å². The van der Waals surface area contributed by atoms with E-state index in [1.165, 1.54) is 7.11 Å². The molecule has 0 aliphatic heterocycles. The maximum Gasteiger partial charge on any atom is 0.320 e. The zero-order valence-corrected chi connectivity index (χ0v) is 10.9. The molecule has 2 N–H and O–H groups in total. The second kappa shape index (κ2) is 6.85. The predicted molar refractivity (Wildman–Crippen MR) is 62.8 cm³/mol. The first-order valence-corrected chi connectivity index (χ1v) is 7.14. The van der Waals surface area contributed by atoms with E-state index in [4.69, 9.17) is 5.73 Å². The Bertz CT molecular complexity index is 313. The lowest BCUT2D eigenvalue weighted by Crippen LogP contribution is -2.42. The van der Waals surface area contributed by atoms with Gasteiger partial charge in [0.2, 0.25) is 0 Å². The molecule has 0 rings (SSSR count). The molecule has 0 amide bonds. The van der Waals surface area contributed by atoms with Crippen molar-refractivity contribution < 1.29 is 17.9 Å². The molecule has 5 nitrogen and oxygen atoms in total. The Kier molecular flexibility index (Phi) is 6.59. The Morgan fingerprint density at radius 1 is 1.38 bits per heavy atom. The molecule has 6 heteroatoms. The first kappa shape index (κ1) is 15.4. The zero-order chi connectivity index (χ0) is 12.8. The SMILES string of the molecule is CCCC(N)C(CC)S(=O)(=O)CC(=O)OC. The first-order valence-electron chi connectivity index (χ1n) is 5.43. The molecule has 0 aromatic heterocycles. The van der Waals surface area contributed by atoms with Gasteiger partial charge in [0.1, 0.15) is 5.75 Å². The van der Waals surface area contributed by atoms with Gasteiger partial charge in [0.15, 0.2) is 9.84 Å². The average molecular weight is 251 g/mol. The van der Waals surface area contributed by atoms with E-state index in [-0.39, 0.29) is 0 Å². The topological polar surface area (TPSA) is 86.5 Å². The Hall–Kier alpha value is -0.620. The molecule has 2 atom stereocenters. The Morgan fingerprint density at radius 2 is 1.94 bits per heavy atom. The van der Waals surface area contributed by atoms with Crippen LogP contribution in [0.3, 0.4) is 0 Å². The summed E-state index contributed by atoms with van der Waals surface area (Å²) in [6.45, 7) is 3.70. The van der Waals surface area contributed by atoms with Gasteiger partial charge in [-0.3, -0.25) is 4.79 Å². The number of carbonyl (C=O) groups is 1. The Balaban J connectivity index is 4.73. The van der Waals surface area contributed by atoms with Crippen molar-refractivity contribution in [2.75, 3.05) is 12.9 Å². The van der Waals surface area contributed by atoms with Crippen LogP contribution in [0.4, 0.5) is 0 Å². The summed E-state index contributed by atoms with van der Waals surface area (Å²) in [5.41, 5.74) is 5.81. The smallest absolute Gasteiger partial charge is 0.320 e. The van der Waals surface area contributed by atoms with Crippen molar-refractivity contribution in [1.82, 2.24) is 0 Å². The zero-order valence-electron chi connectivity index (χ0n) is 10.1. The standard InChI is InChI=1S/C10H21NO4S/c1-4-6-8(11)9(5-2)16(13,14)7-10(12)15-3/h8-9H,4-7,11H2,1-3H3. The minimum Gasteiger partial charge on any atom is -0.468 e. The van der Waals surface area contributed by atoms with Crippen LogP contribution in [-0.4, -0.2) is 38.5 Å². The fourth-order valence-electron chi connectivity index (χ4n) is 1.67. The fraction of sp³-hybridized carbons (Fsp3) is 0.900. The van der Waals surface area contributed by atoms with E-state index in [0.717, 1.165) is 6.42 Å². The average Bonchev–Trinajstić information content (AvgIpc) is 2.17. The number of nitrogens with two attached hydrogens (primary N) is 1. The summed E-state index contributed by atoms with van der Waals surface area (Å²) in [6.07, 6.45) is 1.88. The van der Waals surface area contributed by atoms with Crippen molar-refractivity contribution in [3.05, 3.63) is 0 Å². The van der Waals surface area contributed by atoms with Crippen LogP contribution < -0.4 is 5.73 Å². The quantitative estimate of drug-likeness (QED) is 0.665. The summed E-state index contributed by atoms with van der Waals surface area (Å²) < 4.78 is 28.1. The van der Waals surface area contributed by atoms with E-state index in [2.05, 4.69) is 4.74 Å². The largest absolute Gasteiger partial charge is 0.468 e. The number of hydrogen-bond donors (Lipinski definition) is 1. The molecule has 0 aromatic rings. The van der Waals surface area contributed by atoms with E-state index in [9.17, 15) is 13.2 Å². The monoisotopic (exact) mass is 251 g/mol. The molecule has 0 bridgehead atoms. The first-order chi connectivity index (χ1) is 7.38. The third-order valence-corrected chi connectivity index (χ3v) is 4.75. The maximum absolute atomic E-state index is 11.9. The Labute approximate surface area is 97.3 Å². The van der Waals surface area contributed by atoms with Crippen LogP contribution >= 0.6 is 0 Å². The lowest BCUT2D eigenvalue weighted by atomic mass is 10.1. The van der Waals surface area contributed by atoms with Gasteiger partial charge in [-0.1, -0.05) is 20.3 Å². The molecule has 0 heterocycles. The van der Waals surface area contributed by atoms with Gasteiger partial charge in [-0.05, 0) is 12.8 Å². The van der Waals surface area contributed by atoms with E-state index in [0.29, 0.717) is 12.8 Å². The van der Waals surface area contributed by atoms with Crippen LogP contribution in [0.25, 0.3) is 0 Å². The van der Waals surface area contributed by atoms with E-state index >= 15 is 0 Å². The lowest BCUT2D eigenvalue weighted by molar-refractivity contribution is -0.137. The van der Waals surface area contributed by atoms with Gasteiger partial charge >= 0.3 is 5.97 Å². The second-order valence-corrected chi connectivity index (χ2v) is 6.00. The number of ether oxygens (including phenoxy) is 1. The Morgan fingerprint density at radius 3 is 2.31 bits per heavy atom. The van der Waals surface area contributed by atoms with Gasteiger partial charge < -0.3 is 10.5 Å². The van der Waals surface area contributed by atoms with Gasteiger partial charge in [-0.25, -0.2) is 8.42 Å². The maximum atomic E-state index is 11.9. The molecule has 0 aliphatic rings. The van der Waals surface area contributed by atoms with Crippen LogP contribution in [0.1, 0.15) is 33.1 Å². The molecule has 0 spiro atoms.